The van der Waals surface area contributed by atoms with E-state index in [1.165, 1.54) is 22.9 Å². The van der Waals surface area contributed by atoms with Crippen molar-refractivity contribution in [2.24, 2.45) is 5.41 Å². The Hall–Kier alpha value is -2.85. The standard InChI is InChI=1S/C35H47NO2S/c1-9-11-14-31(10-2)19-18-28(6)35(20-21-35)34(38)36(24-29(7)39-30(8)27(5)25-37)22-13-16-32-15-12-17-33(23-32)26(3)4/h11-12,14-15,17-19,23,25H,3,7,9-10,13,16,20-22,24H2,1-2,4-6,8H3/b14-11+,28-18+,30-27+,31-19-. The number of aryl methyl sites for hydroxylation is 1. The molecule has 0 saturated heterocycles. The molecule has 1 saturated carbocycles. The second kappa shape index (κ2) is 15.7. The van der Waals surface area contributed by atoms with Gasteiger partial charge in [-0.05, 0) is 93.4 Å². The van der Waals surface area contributed by atoms with Gasteiger partial charge in [-0.3, -0.25) is 9.59 Å². The maximum atomic E-state index is 14.1. The van der Waals surface area contributed by atoms with Crippen molar-refractivity contribution >= 4 is 29.5 Å². The highest BCUT2D eigenvalue weighted by Crippen LogP contribution is 2.53. The Morgan fingerprint density at radius 3 is 2.41 bits per heavy atom. The molecule has 0 heterocycles. The lowest BCUT2D eigenvalue weighted by Crippen LogP contribution is -2.39. The van der Waals surface area contributed by atoms with Gasteiger partial charge in [0.1, 0.15) is 6.29 Å². The quantitative estimate of drug-likeness (QED) is 0.118. The van der Waals surface area contributed by atoms with Crippen LogP contribution in [0.3, 0.4) is 0 Å². The first-order valence-electron chi connectivity index (χ1n) is 14.1. The fraction of sp³-hybridized carbons (Fsp3) is 0.429. The summed E-state index contributed by atoms with van der Waals surface area (Å²) in [5, 5.41) is 0. The third-order valence-electron chi connectivity index (χ3n) is 7.43. The Labute approximate surface area is 241 Å². The predicted octanol–water partition coefficient (Wildman–Crippen LogP) is 9.25. The first-order chi connectivity index (χ1) is 18.6. The number of rotatable bonds is 16. The van der Waals surface area contributed by atoms with Gasteiger partial charge in [-0.2, -0.15) is 0 Å². The molecule has 0 spiro atoms. The lowest BCUT2D eigenvalue weighted by Gasteiger charge is -2.29. The summed E-state index contributed by atoms with van der Waals surface area (Å²) in [6, 6.07) is 8.50. The van der Waals surface area contributed by atoms with Gasteiger partial charge in [0.05, 0.1) is 12.0 Å². The summed E-state index contributed by atoms with van der Waals surface area (Å²) >= 11 is 1.50. The first-order valence-corrected chi connectivity index (χ1v) is 15.0. The van der Waals surface area contributed by atoms with E-state index in [-0.39, 0.29) is 5.91 Å². The molecule has 0 atom stereocenters. The van der Waals surface area contributed by atoms with E-state index < -0.39 is 5.41 Å². The molecule has 0 aromatic heterocycles. The summed E-state index contributed by atoms with van der Waals surface area (Å²) in [6.45, 7) is 21.6. The molecular weight excluding hydrogens is 498 g/mol. The lowest BCUT2D eigenvalue weighted by atomic mass is 9.94. The lowest BCUT2D eigenvalue weighted by molar-refractivity contribution is -0.135. The minimum Gasteiger partial charge on any atom is -0.337 e. The molecule has 0 aliphatic heterocycles. The molecular formula is C35H47NO2S. The SMILES string of the molecule is C=C(CN(CCCc1cccc(C(=C)C)c1)C(=O)C1(/C(C)=C/C=C(\C=C\CC)CC)CC1)S/C(C)=C(\C)C=O. The zero-order valence-corrected chi connectivity index (χ0v) is 25.8. The summed E-state index contributed by atoms with van der Waals surface area (Å²) in [6.07, 6.45) is 15.0. The van der Waals surface area contributed by atoms with Crippen LogP contribution in [0.4, 0.5) is 0 Å². The van der Waals surface area contributed by atoms with Gasteiger partial charge in [-0.1, -0.05) is 98.5 Å². The van der Waals surface area contributed by atoms with Crippen LogP contribution in [0.2, 0.25) is 0 Å². The molecule has 1 aliphatic rings. The van der Waals surface area contributed by atoms with Crippen molar-refractivity contribution in [2.75, 3.05) is 13.1 Å². The van der Waals surface area contributed by atoms with Gasteiger partial charge in [0.25, 0.3) is 0 Å². The number of nitrogens with zero attached hydrogens (tertiary/aromatic N) is 1. The van der Waals surface area contributed by atoms with Gasteiger partial charge in [0.15, 0.2) is 0 Å². The van der Waals surface area contributed by atoms with Crippen LogP contribution >= 0.6 is 11.8 Å². The molecule has 1 aliphatic carbocycles. The molecule has 1 aromatic rings. The zero-order chi connectivity index (χ0) is 29.0. The van der Waals surface area contributed by atoms with E-state index in [0.29, 0.717) is 18.7 Å². The van der Waals surface area contributed by atoms with Gasteiger partial charge >= 0.3 is 0 Å². The average Bonchev–Trinajstić information content (AvgIpc) is 3.74. The second-order valence-corrected chi connectivity index (χ2v) is 12.0. The molecule has 210 valence electrons. The van der Waals surface area contributed by atoms with E-state index in [2.05, 4.69) is 82.5 Å². The molecule has 3 nitrogen and oxygen atoms in total. The summed E-state index contributed by atoms with van der Waals surface area (Å²) in [7, 11) is 0. The molecule has 0 N–H and O–H groups in total. The molecule has 1 aromatic carbocycles. The fourth-order valence-corrected chi connectivity index (χ4v) is 5.36. The fourth-order valence-electron chi connectivity index (χ4n) is 4.50. The van der Waals surface area contributed by atoms with Gasteiger partial charge in [0, 0.05) is 11.4 Å². The third-order valence-corrected chi connectivity index (χ3v) is 8.48. The minimum absolute atomic E-state index is 0.193. The molecule has 39 heavy (non-hydrogen) atoms. The predicted molar refractivity (Wildman–Crippen MR) is 170 cm³/mol. The van der Waals surface area contributed by atoms with Gasteiger partial charge in [-0.25, -0.2) is 0 Å². The van der Waals surface area contributed by atoms with Crippen molar-refractivity contribution in [3.05, 3.63) is 99.4 Å². The number of hydrogen-bond donors (Lipinski definition) is 0. The maximum Gasteiger partial charge on any atom is 0.233 e. The third kappa shape index (κ3) is 9.69. The van der Waals surface area contributed by atoms with Gasteiger partial charge < -0.3 is 4.90 Å². The van der Waals surface area contributed by atoms with Crippen LogP contribution in [0.25, 0.3) is 5.57 Å². The van der Waals surface area contributed by atoms with E-state index in [1.807, 2.05) is 25.7 Å². The van der Waals surface area contributed by atoms with Gasteiger partial charge in [-0.15, -0.1) is 0 Å². The van der Waals surface area contributed by atoms with E-state index >= 15 is 0 Å². The Morgan fingerprint density at radius 2 is 1.82 bits per heavy atom. The van der Waals surface area contributed by atoms with Crippen molar-refractivity contribution in [1.82, 2.24) is 4.90 Å². The van der Waals surface area contributed by atoms with E-state index in [0.717, 1.165) is 71.3 Å². The summed E-state index contributed by atoms with van der Waals surface area (Å²) < 4.78 is 0. The summed E-state index contributed by atoms with van der Waals surface area (Å²) in [4.78, 5) is 29.1. The van der Waals surface area contributed by atoms with Crippen molar-refractivity contribution in [3.63, 3.8) is 0 Å². The van der Waals surface area contributed by atoms with Crippen molar-refractivity contribution < 1.29 is 9.59 Å². The molecule has 0 bridgehead atoms. The highest BCUT2D eigenvalue weighted by atomic mass is 32.2. The highest BCUT2D eigenvalue weighted by Gasteiger charge is 2.52. The largest absolute Gasteiger partial charge is 0.337 e. The number of aldehydes is 1. The Morgan fingerprint density at radius 1 is 1.10 bits per heavy atom. The first kappa shape index (κ1) is 32.4. The zero-order valence-electron chi connectivity index (χ0n) is 24.9. The van der Waals surface area contributed by atoms with E-state index in [4.69, 9.17) is 0 Å². The van der Waals surface area contributed by atoms with Crippen LogP contribution in [0.5, 0.6) is 0 Å². The van der Waals surface area contributed by atoms with E-state index in [1.54, 1.807) is 0 Å². The van der Waals surface area contributed by atoms with E-state index in [9.17, 15) is 9.59 Å². The number of benzene rings is 1. The van der Waals surface area contributed by atoms with Crippen molar-refractivity contribution in [2.45, 2.75) is 80.1 Å². The van der Waals surface area contributed by atoms with Crippen LogP contribution in [0.15, 0.2) is 88.3 Å². The van der Waals surface area contributed by atoms with Crippen molar-refractivity contribution in [3.8, 4) is 0 Å². The average molecular weight is 546 g/mol. The molecule has 0 radical (unpaired) electrons. The van der Waals surface area contributed by atoms with Crippen LogP contribution in [0, 0.1) is 5.41 Å². The molecule has 0 unspecified atom stereocenters. The highest BCUT2D eigenvalue weighted by molar-refractivity contribution is 8.06. The van der Waals surface area contributed by atoms with Gasteiger partial charge in [0.2, 0.25) is 5.91 Å². The second-order valence-electron chi connectivity index (χ2n) is 10.6. The van der Waals surface area contributed by atoms with Crippen molar-refractivity contribution in [1.29, 1.82) is 0 Å². The van der Waals surface area contributed by atoms with Crippen LogP contribution in [-0.4, -0.2) is 30.2 Å². The Kier molecular flexibility index (Phi) is 13.0. The topological polar surface area (TPSA) is 37.4 Å². The number of thioether (sulfide) groups is 1. The maximum absolute atomic E-state index is 14.1. The smallest absolute Gasteiger partial charge is 0.233 e. The summed E-state index contributed by atoms with van der Waals surface area (Å²) in [5.74, 6) is 0.193. The molecule has 2 rings (SSSR count). The number of carbonyl (C=O) groups excluding carboxylic acids is 2. The van der Waals surface area contributed by atoms with Crippen LogP contribution in [-0.2, 0) is 16.0 Å². The monoisotopic (exact) mass is 545 g/mol. The normalized spacial score (nSPS) is 15.6. The number of hydrogen-bond acceptors (Lipinski definition) is 3. The van der Waals surface area contributed by atoms with Crippen LogP contribution < -0.4 is 0 Å². The number of carbonyl (C=O) groups is 2. The molecule has 4 heteroatoms. The molecule has 1 fully saturated rings. The van der Waals surface area contributed by atoms with Crippen LogP contribution in [0.1, 0.15) is 84.8 Å². The Bertz CT molecular complexity index is 1180. The number of allylic oxidation sites excluding steroid dienone is 8. The summed E-state index contributed by atoms with van der Waals surface area (Å²) in [5.41, 5.74) is 6.15. The Balaban J connectivity index is 2.24. The molecule has 1 amide bonds. The number of amides is 1. The minimum atomic E-state index is -0.418.